The van der Waals surface area contributed by atoms with Gasteiger partial charge in [-0.25, -0.2) is 0 Å². The normalized spacial score (nSPS) is 18.6. The zero-order valence-electron chi connectivity index (χ0n) is 16.6. The summed E-state index contributed by atoms with van der Waals surface area (Å²) in [5.74, 6) is 0.573. The molecule has 4 heterocycles. The molecule has 3 fully saturated rings. The number of hydrogen-bond acceptors (Lipinski definition) is 2. The number of benzene rings is 2. The van der Waals surface area contributed by atoms with E-state index in [1.54, 1.807) is 0 Å². The molecule has 0 aliphatic carbocycles. The Morgan fingerprint density at radius 2 is 1.71 bits per heavy atom. The van der Waals surface area contributed by atoms with Crippen molar-refractivity contribution < 1.29 is 4.79 Å². The van der Waals surface area contributed by atoms with Gasteiger partial charge in [0.25, 0.3) is 0 Å². The monoisotopic (exact) mass is 370 g/mol. The minimum absolute atomic E-state index is 0.235. The van der Waals surface area contributed by atoms with Crippen molar-refractivity contribution in [1.82, 2.24) is 9.47 Å². The second-order valence-corrected chi connectivity index (χ2v) is 8.37. The quantitative estimate of drug-likeness (QED) is 0.610. The van der Waals surface area contributed by atoms with Crippen LogP contribution in [-0.4, -0.2) is 28.3 Å². The van der Waals surface area contributed by atoms with E-state index in [4.69, 9.17) is 0 Å². The Labute approximate surface area is 166 Å². The summed E-state index contributed by atoms with van der Waals surface area (Å²) in [6, 6.07) is 15.3. The highest BCUT2D eigenvalue weighted by Gasteiger charge is 2.36. The highest BCUT2D eigenvalue weighted by molar-refractivity contribution is 6.04. The summed E-state index contributed by atoms with van der Waals surface area (Å²) in [6.07, 6.45) is 6.39. The lowest BCUT2D eigenvalue weighted by Gasteiger charge is -2.41. The lowest BCUT2D eigenvalue weighted by atomic mass is 9.84. The lowest BCUT2D eigenvalue weighted by molar-refractivity contribution is -0.125. The van der Waals surface area contributed by atoms with Gasteiger partial charge in [0.15, 0.2) is 5.78 Å². The first-order valence-electron chi connectivity index (χ1n) is 10.2. The first-order valence-corrected chi connectivity index (χ1v) is 10.2. The number of allylic oxidation sites excluding steroid dienone is 1. The van der Waals surface area contributed by atoms with Crippen LogP contribution in [0, 0.1) is 19.8 Å². The second-order valence-electron chi connectivity index (χ2n) is 8.37. The molecular weight excluding hydrogens is 344 g/mol. The van der Waals surface area contributed by atoms with Gasteiger partial charge in [0.2, 0.25) is 0 Å². The van der Waals surface area contributed by atoms with E-state index >= 15 is 0 Å². The molecule has 0 N–H and O–H groups in total. The average molecular weight is 370 g/mol. The van der Waals surface area contributed by atoms with Crippen LogP contribution in [0.4, 0.5) is 0 Å². The highest BCUT2D eigenvalue weighted by atomic mass is 16.1. The van der Waals surface area contributed by atoms with Crippen molar-refractivity contribution in [2.45, 2.75) is 33.2 Å². The summed E-state index contributed by atoms with van der Waals surface area (Å²) in [5, 5.41) is 1.23. The number of aromatic nitrogens is 1. The van der Waals surface area contributed by atoms with E-state index in [9.17, 15) is 4.79 Å². The molecule has 0 unspecified atom stereocenters. The Balaban J connectivity index is 1.59. The first-order chi connectivity index (χ1) is 13.6. The predicted molar refractivity (Wildman–Crippen MR) is 114 cm³/mol. The molecule has 3 saturated heterocycles. The topological polar surface area (TPSA) is 25.2 Å². The number of fused-ring (bicyclic) bond motifs is 4. The molecular formula is C25H26N2O. The van der Waals surface area contributed by atoms with Gasteiger partial charge >= 0.3 is 0 Å². The van der Waals surface area contributed by atoms with Crippen molar-refractivity contribution >= 4 is 22.8 Å². The summed E-state index contributed by atoms with van der Waals surface area (Å²) in [5.41, 5.74) is 7.11. The number of carbonyl (C=O) groups is 1. The molecule has 3 aliphatic heterocycles. The number of aryl methyl sites for hydroxylation is 2. The van der Waals surface area contributed by atoms with Crippen molar-refractivity contribution in [3.8, 4) is 0 Å². The zero-order valence-corrected chi connectivity index (χ0v) is 16.6. The van der Waals surface area contributed by atoms with E-state index in [-0.39, 0.29) is 5.92 Å². The van der Waals surface area contributed by atoms with Crippen LogP contribution in [0.5, 0.6) is 0 Å². The standard InChI is InChI=1S/C25H26N2O/c1-17-3-6-19(7-4-17)15-27-16-21(22-13-18(2)5-8-23(22)27)14-24-25(28)20-9-11-26(24)12-10-20/h3-8,13-14,16,20H,9-12,15H2,1-2H3/b24-14-. The molecule has 28 heavy (non-hydrogen) atoms. The van der Waals surface area contributed by atoms with Crippen LogP contribution >= 0.6 is 0 Å². The molecule has 3 aliphatic rings. The predicted octanol–water partition coefficient (Wildman–Crippen LogP) is 4.94. The molecule has 3 nitrogen and oxygen atoms in total. The number of carbonyl (C=O) groups excluding carboxylic acids is 1. The number of nitrogens with zero attached hydrogens (tertiary/aromatic N) is 2. The van der Waals surface area contributed by atoms with Gasteiger partial charge in [-0.05, 0) is 50.5 Å². The van der Waals surface area contributed by atoms with Crippen LogP contribution < -0.4 is 0 Å². The Morgan fingerprint density at radius 3 is 2.43 bits per heavy atom. The molecule has 0 amide bonds. The maximum absolute atomic E-state index is 12.8. The van der Waals surface area contributed by atoms with Gasteiger partial charge < -0.3 is 9.47 Å². The molecule has 2 bridgehead atoms. The number of piperidine rings is 3. The summed E-state index contributed by atoms with van der Waals surface area (Å²) in [6.45, 7) is 7.12. The Morgan fingerprint density at radius 1 is 1.00 bits per heavy atom. The molecule has 2 aromatic carbocycles. The third-order valence-corrected chi connectivity index (χ3v) is 6.29. The zero-order chi connectivity index (χ0) is 19.3. The smallest absolute Gasteiger partial charge is 0.182 e. The molecule has 1 aromatic heterocycles. The summed E-state index contributed by atoms with van der Waals surface area (Å²) in [7, 11) is 0. The SMILES string of the molecule is Cc1ccc(Cn2cc(/C=C3/C(=O)C4CCN3CC4)c3cc(C)ccc32)cc1. The number of rotatable bonds is 3. The number of Topliss-reactive ketones (excluding diaryl/α,β-unsaturated/α-hetero) is 1. The van der Waals surface area contributed by atoms with Crippen molar-refractivity contribution in [2.75, 3.05) is 13.1 Å². The molecule has 0 radical (unpaired) electrons. The van der Waals surface area contributed by atoms with Gasteiger partial charge in [0.05, 0.1) is 5.70 Å². The molecule has 3 aromatic rings. The van der Waals surface area contributed by atoms with E-state index < -0.39 is 0 Å². The number of hydrogen-bond donors (Lipinski definition) is 0. The van der Waals surface area contributed by atoms with E-state index in [0.29, 0.717) is 5.78 Å². The van der Waals surface area contributed by atoms with E-state index in [1.165, 1.54) is 27.6 Å². The molecule has 3 heteroatoms. The van der Waals surface area contributed by atoms with Gasteiger partial charge in [-0.2, -0.15) is 0 Å². The fraction of sp³-hybridized carbons (Fsp3) is 0.320. The van der Waals surface area contributed by atoms with Crippen LogP contribution in [0.25, 0.3) is 17.0 Å². The minimum atomic E-state index is 0.235. The maximum Gasteiger partial charge on any atom is 0.182 e. The van der Waals surface area contributed by atoms with E-state index in [1.807, 2.05) is 0 Å². The number of ketones is 1. The summed E-state index contributed by atoms with van der Waals surface area (Å²) >= 11 is 0. The Bertz CT molecular complexity index is 1080. The fourth-order valence-electron chi connectivity index (χ4n) is 4.63. The minimum Gasteiger partial charge on any atom is -0.369 e. The van der Waals surface area contributed by atoms with Crippen LogP contribution in [0.2, 0.25) is 0 Å². The third kappa shape index (κ3) is 2.95. The van der Waals surface area contributed by atoms with Crippen molar-refractivity contribution in [3.05, 3.63) is 76.6 Å². The third-order valence-electron chi connectivity index (χ3n) is 6.29. The molecule has 0 saturated carbocycles. The Hall–Kier alpha value is -2.81. The Kier molecular flexibility index (Phi) is 4.12. The largest absolute Gasteiger partial charge is 0.369 e. The van der Waals surface area contributed by atoms with Crippen LogP contribution in [0.15, 0.2) is 54.4 Å². The first kappa shape index (κ1) is 17.3. The average Bonchev–Trinajstić information content (AvgIpc) is 3.03. The van der Waals surface area contributed by atoms with Crippen molar-refractivity contribution in [1.29, 1.82) is 0 Å². The van der Waals surface area contributed by atoms with Gasteiger partial charge in [-0.15, -0.1) is 0 Å². The van der Waals surface area contributed by atoms with Crippen LogP contribution in [0.3, 0.4) is 0 Å². The lowest BCUT2D eigenvalue weighted by Crippen LogP contribution is -2.45. The van der Waals surface area contributed by atoms with Crippen molar-refractivity contribution in [3.63, 3.8) is 0 Å². The van der Waals surface area contributed by atoms with Gasteiger partial charge in [-0.1, -0.05) is 41.5 Å². The van der Waals surface area contributed by atoms with Crippen molar-refractivity contribution in [2.24, 2.45) is 5.92 Å². The van der Waals surface area contributed by atoms with Crippen LogP contribution in [0.1, 0.15) is 35.1 Å². The van der Waals surface area contributed by atoms with E-state index in [0.717, 1.165) is 43.7 Å². The molecule has 6 rings (SSSR count). The highest BCUT2D eigenvalue weighted by Crippen LogP contribution is 2.34. The van der Waals surface area contributed by atoms with Crippen LogP contribution in [-0.2, 0) is 11.3 Å². The summed E-state index contributed by atoms with van der Waals surface area (Å²) < 4.78 is 2.31. The fourth-order valence-corrected chi connectivity index (χ4v) is 4.63. The van der Waals surface area contributed by atoms with Gasteiger partial charge in [0.1, 0.15) is 0 Å². The summed E-state index contributed by atoms with van der Waals surface area (Å²) in [4.78, 5) is 15.1. The maximum atomic E-state index is 12.8. The van der Waals surface area contributed by atoms with E-state index in [2.05, 4.69) is 78.1 Å². The molecule has 0 atom stereocenters. The molecule has 0 spiro atoms. The molecule has 142 valence electrons. The van der Waals surface area contributed by atoms with Gasteiger partial charge in [0, 0.05) is 48.2 Å². The van der Waals surface area contributed by atoms with Gasteiger partial charge in [-0.3, -0.25) is 4.79 Å². The second kappa shape index (κ2) is 6.66.